The third-order valence-corrected chi connectivity index (χ3v) is 12.2. The molecule has 0 radical (unpaired) electrons. The van der Waals surface area contributed by atoms with E-state index in [2.05, 4.69) is 93.7 Å². The van der Waals surface area contributed by atoms with Crippen LogP contribution in [0.4, 0.5) is 0 Å². The maximum atomic E-state index is 12.8. The lowest BCUT2D eigenvalue weighted by Gasteiger charge is -2.18. The van der Waals surface area contributed by atoms with E-state index < -0.39 is 6.10 Å². The summed E-state index contributed by atoms with van der Waals surface area (Å²) in [7, 11) is 0. The first-order valence-corrected chi connectivity index (χ1v) is 28.4. The van der Waals surface area contributed by atoms with E-state index in [4.69, 9.17) is 14.2 Å². The van der Waals surface area contributed by atoms with Crippen molar-refractivity contribution in [3.05, 3.63) is 72.9 Å². The maximum absolute atomic E-state index is 12.8. The molecule has 0 saturated heterocycles. The number of rotatable bonds is 51. The lowest BCUT2D eigenvalue weighted by atomic mass is 10.0. The molecule has 386 valence electrons. The van der Waals surface area contributed by atoms with Crippen LogP contribution in [0.5, 0.6) is 0 Å². The quantitative estimate of drug-likeness (QED) is 0.0262. The molecule has 6 nitrogen and oxygen atoms in total. The average molecular weight is 936 g/mol. The van der Waals surface area contributed by atoms with Crippen LogP contribution in [0.2, 0.25) is 0 Å². The Labute approximate surface area is 414 Å². The number of hydrogen-bond donors (Lipinski definition) is 0. The van der Waals surface area contributed by atoms with Gasteiger partial charge in [0, 0.05) is 19.3 Å². The van der Waals surface area contributed by atoms with E-state index in [0.717, 1.165) is 103 Å². The van der Waals surface area contributed by atoms with Gasteiger partial charge in [0.1, 0.15) is 13.2 Å². The van der Waals surface area contributed by atoms with Gasteiger partial charge in [-0.1, -0.05) is 241 Å². The van der Waals surface area contributed by atoms with Gasteiger partial charge in [-0.05, 0) is 89.9 Å². The highest BCUT2D eigenvalue weighted by atomic mass is 16.6. The molecule has 0 amide bonds. The SMILES string of the molecule is CC/C=C\C/C=C\C/C=C\C/C=C\CCCCCCCCCCCCCCCCC(=O)OCC(COC(=O)CCCCCCC)OC(=O)CCCCCCCCC/C=C\C/C=C\CCCCC. The molecule has 0 saturated carbocycles. The summed E-state index contributed by atoms with van der Waals surface area (Å²) in [5.41, 5.74) is 0. The van der Waals surface area contributed by atoms with Crippen molar-refractivity contribution in [3.8, 4) is 0 Å². The third kappa shape index (κ3) is 53.7. The van der Waals surface area contributed by atoms with Crippen LogP contribution in [-0.2, 0) is 28.6 Å². The predicted molar refractivity (Wildman–Crippen MR) is 288 cm³/mol. The summed E-state index contributed by atoms with van der Waals surface area (Å²) in [5.74, 6) is -0.893. The fraction of sp³-hybridized carbons (Fsp3) is 0.754. The third-order valence-electron chi connectivity index (χ3n) is 12.2. The number of carbonyl (C=O) groups is 3. The fourth-order valence-corrected chi connectivity index (χ4v) is 7.93. The van der Waals surface area contributed by atoms with Gasteiger partial charge in [0.2, 0.25) is 0 Å². The van der Waals surface area contributed by atoms with Crippen LogP contribution >= 0.6 is 0 Å². The Morgan fingerprint density at radius 3 is 0.940 bits per heavy atom. The molecule has 0 spiro atoms. The topological polar surface area (TPSA) is 78.9 Å². The van der Waals surface area contributed by atoms with Crippen LogP contribution in [-0.4, -0.2) is 37.2 Å². The van der Waals surface area contributed by atoms with Gasteiger partial charge in [-0.2, -0.15) is 0 Å². The van der Waals surface area contributed by atoms with Crippen LogP contribution in [0.3, 0.4) is 0 Å². The molecule has 6 heteroatoms. The molecule has 0 aromatic rings. The predicted octanol–water partition coefficient (Wildman–Crippen LogP) is 19.0. The largest absolute Gasteiger partial charge is 0.462 e. The summed E-state index contributed by atoms with van der Waals surface area (Å²) in [5, 5.41) is 0. The van der Waals surface area contributed by atoms with Gasteiger partial charge in [0.05, 0.1) is 0 Å². The van der Waals surface area contributed by atoms with Gasteiger partial charge in [-0.25, -0.2) is 0 Å². The summed E-state index contributed by atoms with van der Waals surface area (Å²) >= 11 is 0. The molecule has 0 fully saturated rings. The molecular formula is C61H106O6. The highest BCUT2D eigenvalue weighted by Gasteiger charge is 2.19. The zero-order chi connectivity index (χ0) is 48.6. The second-order valence-corrected chi connectivity index (χ2v) is 18.8. The molecule has 1 atom stereocenters. The number of ether oxygens (including phenoxy) is 3. The van der Waals surface area contributed by atoms with E-state index in [9.17, 15) is 14.4 Å². The Bertz CT molecular complexity index is 1260. The standard InChI is InChI=1S/C61H106O6/c1-4-7-10-13-15-17-19-21-23-25-26-27-28-29-30-31-32-33-34-36-37-39-41-43-45-48-51-54-60(63)66-57-58(56-65-59(62)53-50-47-12-9-6-3)67-61(64)55-52-49-46-44-42-40-38-35-24-22-20-18-16-14-11-8-5-2/h7,10,15-18,21-24,26-27,58H,4-6,8-9,11-14,19-20,25,28-57H2,1-3H3/b10-7-,17-15-,18-16-,23-21-,24-22-,27-26-. The molecule has 1 unspecified atom stereocenters. The van der Waals surface area contributed by atoms with Gasteiger partial charge < -0.3 is 14.2 Å². The average Bonchev–Trinajstić information content (AvgIpc) is 3.33. The molecule has 0 N–H and O–H groups in total. The van der Waals surface area contributed by atoms with Gasteiger partial charge in [0.25, 0.3) is 0 Å². The zero-order valence-corrected chi connectivity index (χ0v) is 44.2. The summed E-state index contributed by atoms with van der Waals surface area (Å²) in [6, 6.07) is 0. The zero-order valence-electron chi connectivity index (χ0n) is 44.2. The molecule has 0 heterocycles. The van der Waals surface area contributed by atoms with Gasteiger partial charge in [-0.3, -0.25) is 14.4 Å². The van der Waals surface area contributed by atoms with Crippen molar-refractivity contribution < 1.29 is 28.6 Å². The fourth-order valence-electron chi connectivity index (χ4n) is 7.93. The maximum Gasteiger partial charge on any atom is 0.306 e. The number of carbonyl (C=O) groups excluding carboxylic acids is 3. The van der Waals surface area contributed by atoms with E-state index >= 15 is 0 Å². The van der Waals surface area contributed by atoms with Crippen LogP contribution in [0, 0.1) is 0 Å². The molecule has 0 aromatic carbocycles. The molecule has 0 aliphatic rings. The highest BCUT2D eigenvalue weighted by Crippen LogP contribution is 2.16. The molecule has 0 aromatic heterocycles. The second kappa shape index (κ2) is 55.4. The van der Waals surface area contributed by atoms with Gasteiger partial charge in [0.15, 0.2) is 6.10 Å². The smallest absolute Gasteiger partial charge is 0.306 e. The minimum atomic E-state index is -0.775. The van der Waals surface area contributed by atoms with Crippen molar-refractivity contribution in [1.82, 2.24) is 0 Å². The minimum Gasteiger partial charge on any atom is -0.462 e. The van der Waals surface area contributed by atoms with Crippen molar-refractivity contribution >= 4 is 17.9 Å². The number of esters is 3. The van der Waals surface area contributed by atoms with Crippen molar-refractivity contribution in [2.75, 3.05) is 13.2 Å². The van der Waals surface area contributed by atoms with E-state index in [1.54, 1.807) is 0 Å². The van der Waals surface area contributed by atoms with Crippen LogP contribution in [0.15, 0.2) is 72.9 Å². The summed E-state index contributed by atoms with van der Waals surface area (Å²) in [6.45, 7) is 6.43. The summed E-state index contributed by atoms with van der Waals surface area (Å²) < 4.78 is 16.7. The van der Waals surface area contributed by atoms with Crippen molar-refractivity contribution in [3.63, 3.8) is 0 Å². The van der Waals surface area contributed by atoms with Gasteiger partial charge in [-0.15, -0.1) is 0 Å². The van der Waals surface area contributed by atoms with Crippen LogP contribution in [0.1, 0.15) is 278 Å². The first-order chi connectivity index (χ1) is 33.0. The van der Waals surface area contributed by atoms with Crippen LogP contribution < -0.4 is 0 Å². The molecule has 0 aliphatic carbocycles. The minimum absolute atomic E-state index is 0.0774. The molecule has 67 heavy (non-hydrogen) atoms. The monoisotopic (exact) mass is 935 g/mol. The molecule has 0 bridgehead atoms. The lowest BCUT2D eigenvalue weighted by molar-refractivity contribution is -0.167. The normalized spacial score (nSPS) is 12.6. The Kier molecular flexibility index (Phi) is 52.8. The van der Waals surface area contributed by atoms with Crippen molar-refractivity contribution in [2.45, 2.75) is 284 Å². The summed E-state index contributed by atoms with van der Waals surface area (Å²) in [4.78, 5) is 37.8. The Balaban J connectivity index is 4.05. The Morgan fingerprint density at radius 2 is 0.582 bits per heavy atom. The van der Waals surface area contributed by atoms with Crippen molar-refractivity contribution in [1.29, 1.82) is 0 Å². The number of hydrogen-bond acceptors (Lipinski definition) is 6. The summed E-state index contributed by atoms with van der Waals surface area (Å²) in [6.07, 6.45) is 70.8. The first kappa shape index (κ1) is 63.8. The van der Waals surface area contributed by atoms with Gasteiger partial charge >= 0.3 is 17.9 Å². The number of unbranched alkanes of at least 4 members (excludes halogenated alkanes) is 28. The molecular weight excluding hydrogens is 829 g/mol. The lowest BCUT2D eigenvalue weighted by Crippen LogP contribution is -2.30. The van der Waals surface area contributed by atoms with E-state index in [1.807, 2.05) is 0 Å². The number of allylic oxidation sites excluding steroid dienone is 12. The molecule has 0 aliphatic heterocycles. The van der Waals surface area contributed by atoms with E-state index in [0.29, 0.717) is 19.3 Å². The van der Waals surface area contributed by atoms with E-state index in [1.165, 1.54) is 135 Å². The highest BCUT2D eigenvalue weighted by molar-refractivity contribution is 5.71. The van der Waals surface area contributed by atoms with Crippen LogP contribution in [0.25, 0.3) is 0 Å². The van der Waals surface area contributed by atoms with E-state index in [-0.39, 0.29) is 31.1 Å². The Hall–Kier alpha value is -3.15. The Morgan fingerprint density at radius 1 is 0.313 bits per heavy atom. The first-order valence-electron chi connectivity index (χ1n) is 28.4. The second-order valence-electron chi connectivity index (χ2n) is 18.8. The molecule has 0 rings (SSSR count). The van der Waals surface area contributed by atoms with Crippen molar-refractivity contribution in [2.24, 2.45) is 0 Å².